The van der Waals surface area contributed by atoms with E-state index in [4.69, 9.17) is 5.73 Å². The molecule has 0 saturated heterocycles. The van der Waals surface area contributed by atoms with Gasteiger partial charge in [-0.1, -0.05) is 6.07 Å². The first kappa shape index (κ1) is 11.2. The maximum absolute atomic E-state index is 5.53. The van der Waals surface area contributed by atoms with Crippen molar-refractivity contribution in [2.45, 2.75) is 6.54 Å². The van der Waals surface area contributed by atoms with E-state index in [9.17, 15) is 0 Å². The van der Waals surface area contributed by atoms with Gasteiger partial charge < -0.3 is 5.73 Å². The molecule has 13 heavy (non-hydrogen) atoms. The fourth-order valence-corrected chi connectivity index (χ4v) is 2.76. The van der Waals surface area contributed by atoms with Crippen molar-refractivity contribution >= 4 is 46.7 Å². The number of nitrogens with two attached hydrogens (primary N) is 1. The van der Waals surface area contributed by atoms with Crippen molar-refractivity contribution in [2.75, 3.05) is 0 Å². The molecular weight excluding hydrogens is 313 g/mol. The Morgan fingerprint density at radius 1 is 1.15 bits per heavy atom. The molecule has 0 fully saturated rings. The number of thiophene rings is 2. The Balaban J connectivity index is 0.000000845. The van der Waals surface area contributed by atoms with Gasteiger partial charge in [0.05, 0.1) is 0 Å². The van der Waals surface area contributed by atoms with E-state index in [1.54, 1.807) is 22.7 Å². The predicted octanol–water partition coefficient (Wildman–Crippen LogP) is 3.55. The lowest BCUT2D eigenvalue weighted by molar-refractivity contribution is 1.11. The topological polar surface area (TPSA) is 26.0 Å². The Labute approximate surface area is 103 Å². The van der Waals surface area contributed by atoms with Gasteiger partial charge in [-0.2, -0.15) is 0 Å². The van der Waals surface area contributed by atoms with E-state index in [1.807, 2.05) is 0 Å². The van der Waals surface area contributed by atoms with Crippen LogP contribution in [0.4, 0.5) is 0 Å². The van der Waals surface area contributed by atoms with Gasteiger partial charge in [-0.3, -0.25) is 0 Å². The maximum Gasteiger partial charge on any atom is 0.0445 e. The van der Waals surface area contributed by atoms with Gasteiger partial charge in [-0.05, 0) is 23.6 Å². The van der Waals surface area contributed by atoms with Crippen LogP contribution in [0.15, 0.2) is 29.6 Å². The van der Waals surface area contributed by atoms with Gasteiger partial charge in [0.1, 0.15) is 0 Å². The molecule has 0 atom stereocenters. The first-order valence-corrected chi connectivity index (χ1v) is 5.42. The van der Waals surface area contributed by atoms with E-state index in [2.05, 4.69) is 29.6 Å². The number of halogens is 1. The Morgan fingerprint density at radius 2 is 2.00 bits per heavy atom. The van der Waals surface area contributed by atoms with Gasteiger partial charge in [-0.25, -0.2) is 0 Å². The van der Waals surface area contributed by atoms with Crippen LogP contribution >= 0.6 is 46.7 Å². The summed E-state index contributed by atoms with van der Waals surface area (Å²) in [6.07, 6.45) is 0. The lowest BCUT2D eigenvalue weighted by atomic mass is 10.4. The van der Waals surface area contributed by atoms with Crippen LogP contribution in [-0.2, 0) is 6.54 Å². The molecule has 2 rings (SSSR count). The van der Waals surface area contributed by atoms with Crippen molar-refractivity contribution in [3.05, 3.63) is 34.5 Å². The highest BCUT2D eigenvalue weighted by Crippen LogP contribution is 2.30. The Bertz CT molecular complexity index is 353. The van der Waals surface area contributed by atoms with E-state index in [1.165, 1.54) is 14.6 Å². The highest BCUT2D eigenvalue weighted by Gasteiger charge is 2.01. The third-order valence-corrected chi connectivity index (χ3v) is 3.80. The second kappa shape index (κ2) is 5.09. The van der Waals surface area contributed by atoms with Crippen LogP contribution in [0.3, 0.4) is 0 Å². The molecule has 0 aliphatic carbocycles. The SMILES string of the molecule is I.NCc1ccc(-c2cccs2)s1. The third-order valence-electron chi connectivity index (χ3n) is 1.63. The van der Waals surface area contributed by atoms with Crippen molar-refractivity contribution < 1.29 is 0 Å². The summed E-state index contributed by atoms with van der Waals surface area (Å²) in [5.74, 6) is 0. The minimum atomic E-state index is 0. The summed E-state index contributed by atoms with van der Waals surface area (Å²) in [6.45, 7) is 0.649. The smallest absolute Gasteiger partial charge is 0.0445 e. The molecule has 70 valence electrons. The van der Waals surface area contributed by atoms with Crippen LogP contribution in [0.2, 0.25) is 0 Å². The highest BCUT2D eigenvalue weighted by molar-refractivity contribution is 14.0. The fraction of sp³-hybridized carbons (Fsp3) is 0.111. The summed E-state index contributed by atoms with van der Waals surface area (Å²) in [4.78, 5) is 3.91. The standard InChI is InChI=1S/C9H9NS2.HI/c10-6-7-3-4-9(12-7)8-2-1-5-11-8;/h1-5H,6,10H2;1H. The van der Waals surface area contributed by atoms with Gasteiger partial charge in [-0.15, -0.1) is 46.7 Å². The molecule has 0 radical (unpaired) electrons. The molecule has 1 nitrogen and oxygen atoms in total. The molecule has 0 aliphatic rings. The zero-order chi connectivity index (χ0) is 8.39. The van der Waals surface area contributed by atoms with Gasteiger partial charge >= 0.3 is 0 Å². The molecule has 0 saturated carbocycles. The molecule has 0 aliphatic heterocycles. The molecular formula is C9H10INS2. The van der Waals surface area contributed by atoms with Crippen LogP contribution in [0.1, 0.15) is 4.88 Å². The molecule has 2 N–H and O–H groups in total. The largest absolute Gasteiger partial charge is 0.326 e. The minimum absolute atomic E-state index is 0. The first-order valence-electron chi connectivity index (χ1n) is 3.73. The fourth-order valence-electron chi connectivity index (χ4n) is 1.04. The number of hydrogen-bond acceptors (Lipinski definition) is 3. The second-order valence-electron chi connectivity index (χ2n) is 2.45. The van der Waals surface area contributed by atoms with E-state index < -0.39 is 0 Å². The summed E-state index contributed by atoms with van der Waals surface area (Å²) in [7, 11) is 0. The van der Waals surface area contributed by atoms with Gasteiger partial charge in [0.25, 0.3) is 0 Å². The third kappa shape index (κ3) is 2.52. The molecule has 0 aromatic carbocycles. The van der Waals surface area contributed by atoms with Crippen LogP contribution < -0.4 is 5.73 Å². The highest BCUT2D eigenvalue weighted by atomic mass is 127. The first-order chi connectivity index (χ1) is 5.90. The average Bonchev–Trinajstić information content (AvgIpc) is 2.75. The van der Waals surface area contributed by atoms with Gasteiger partial charge in [0.15, 0.2) is 0 Å². The zero-order valence-electron chi connectivity index (χ0n) is 6.90. The summed E-state index contributed by atoms with van der Waals surface area (Å²) in [5, 5.41) is 2.09. The Morgan fingerprint density at radius 3 is 2.54 bits per heavy atom. The van der Waals surface area contributed by atoms with Gasteiger partial charge in [0, 0.05) is 21.2 Å². The van der Waals surface area contributed by atoms with Crippen molar-refractivity contribution in [2.24, 2.45) is 5.73 Å². The Kier molecular flexibility index (Phi) is 4.37. The number of rotatable bonds is 2. The van der Waals surface area contributed by atoms with E-state index in [0.717, 1.165) is 0 Å². The summed E-state index contributed by atoms with van der Waals surface area (Å²) in [5.41, 5.74) is 5.53. The van der Waals surface area contributed by atoms with E-state index in [0.29, 0.717) is 6.54 Å². The van der Waals surface area contributed by atoms with E-state index >= 15 is 0 Å². The zero-order valence-corrected chi connectivity index (χ0v) is 10.9. The summed E-state index contributed by atoms with van der Waals surface area (Å²) >= 11 is 3.55. The second-order valence-corrected chi connectivity index (χ2v) is 4.56. The van der Waals surface area contributed by atoms with Crippen molar-refractivity contribution in [3.63, 3.8) is 0 Å². The molecule has 2 aromatic heterocycles. The molecule has 0 amide bonds. The lowest BCUT2D eigenvalue weighted by Gasteiger charge is -1.87. The predicted molar refractivity (Wildman–Crippen MR) is 70.9 cm³/mol. The molecule has 0 spiro atoms. The minimum Gasteiger partial charge on any atom is -0.326 e. The Hall–Kier alpha value is 0.0900. The molecule has 0 unspecified atom stereocenters. The van der Waals surface area contributed by atoms with Crippen LogP contribution in [0, 0.1) is 0 Å². The summed E-state index contributed by atoms with van der Waals surface area (Å²) in [6, 6.07) is 8.44. The summed E-state index contributed by atoms with van der Waals surface area (Å²) < 4.78 is 0. The van der Waals surface area contributed by atoms with Crippen LogP contribution in [0.5, 0.6) is 0 Å². The van der Waals surface area contributed by atoms with Crippen LogP contribution in [0.25, 0.3) is 9.75 Å². The van der Waals surface area contributed by atoms with Gasteiger partial charge in [0.2, 0.25) is 0 Å². The maximum atomic E-state index is 5.53. The van der Waals surface area contributed by atoms with E-state index in [-0.39, 0.29) is 24.0 Å². The molecule has 2 heterocycles. The number of hydrogen-bond donors (Lipinski definition) is 1. The van der Waals surface area contributed by atoms with Crippen LogP contribution in [-0.4, -0.2) is 0 Å². The normalized spacial score (nSPS) is 9.62. The average molecular weight is 323 g/mol. The lowest BCUT2D eigenvalue weighted by Crippen LogP contribution is -1.90. The van der Waals surface area contributed by atoms with Crippen molar-refractivity contribution in [1.82, 2.24) is 0 Å². The van der Waals surface area contributed by atoms with Crippen molar-refractivity contribution in [1.29, 1.82) is 0 Å². The monoisotopic (exact) mass is 323 g/mol. The molecule has 4 heteroatoms. The quantitative estimate of drug-likeness (QED) is 0.841. The molecule has 2 aromatic rings. The van der Waals surface area contributed by atoms with Crippen molar-refractivity contribution in [3.8, 4) is 9.75 Å². The molecule has 0 bridgehead atoms.